The molecule has 1 aliphatic carbocycles. The summed E-state index contributed by atoms with van der Waals surface area (Å²) in [4.78, 5) is 9.76. The van der Waals surface area contributed by atoms with Crippen LogP contribution in [0.25, 0.3) is 22.0 Å². The molecular weight excluding hydrogens is 346 g/mol. The number of benzene rings is 2. The topological polar surface area (TPSA) is 28.6 Å². The number of rotatable bonds is 4. The summed E-state index contributed by atoms with van der Waals surface area (Å²) < 4.78 is 5.36. The summed E-state index contributed by atoms with van der Waals surface area (Å²) in [5.41, 5.74) is 5.12. The fourth-order valence-electron chi connectivity index (χ4n) is 4.51. The summed E-state index contributed by atoms with van der Waals surface area (Å²) in [6.45, 7) is 4.70. The Morgan fingerprint density at radius 2 is 1.64 bits per heavy atom. The Labute approximate surface area is 166 Å². The predicted molar refractivity (Wildman–Crippen MR) is 114 cm³/mol. The van der Waals surface area contributed by atoms with Crippen LogP contribution in [0.3, 0.4) is 0 Å². The SMILES string of the molecule is COc1ccc2ncc(-c3ccc(C4(N5CCN(C)CC5)CC4)cc3)cc2c1. The second kappa shape index (κ2) is 6.87. The second-order valence-corrected chi connectivity index (χ2v) is 8.18. The third-order valence-electron chi connectivity index (χ3n) is 6.48. The monoisotopic (exact) mass is 373 g/mol. The van der Waals surface area contributed by atoms with Gasteiger partial charge in [0.15, 0.2) is 0 Å². The molecule has 28 heavy (non-hydrogen) atoms. The number of piperazine rings is 1. The molecule has 2 aliphatic rings. The smallest absolute Gasteiger partial charge is 0.119 e. The fourth-order valence-corrected chi connectivity index (χ4v) is 4.51. The third kappa shape index (κ3) is 3.07. The van der Waals surface area contributed by atoms with Gasteiger partial charge in [-0.1, -0.05) is 24.3 Å². The van der Waals surface area contributed by atoms with E-state index in [2.05, 4.69) is 52.2 Å². The van der Waals surface area contributed by atoms with Crippen molar-refractivity contribution >= 4 is 10.9 Å². The highest BCUT2D eigenvalue weighted by Gasteiger charge is 2.49. The Hall–Kier alpha value is -2.43. The number of methoxy groups -OCH3 is 1. The van der Waals surface area contributed by atoms with Crippen molar-refractivity contribution in [2.24, 2.45) is 0 Å². The van der Waals surface area contributed by atoms with E-state index in [1.165, 1.54) is 50.1 Å². The lowest BCUT2D eigenvalue weighted by Crippen LogP contribution is -2.49. The van der Waals surface area contributed by atoms with Gasteiger partial charge in [-0.05, 0) is 55.3 Å². The van der Waals surface area contributed by atoms with Gasteiger partial charge in [0.1, 0.15) is 5.75 Å². The third-order valence-corrected chi connectivity index (χ3v) is 6.48. The normalized spacial score (nSPS) is 19.6. The molecule has 0 unspecified atom stereocenters. The minimum Gasteiger partial charge on any atom is -0.497 e. The van der Waals surface area contributed by atoms with Crippen molar-refractivity contribution in [3.8, 4) is 16.9 Å². The van der Waals surface area contributed by atoms with Crippen molar-refractivity contribution in [2.45, 2.75) is 18.4 Å². The molecule has 144 valence electrons. The van der Waals surface area contributed by atoms with Gasteiger partial charge in [0.2, 0.25) is 0 Å². The van der Waals surface area contributed by atoms with E-state index in [0.29, 0.717) is 0 Å². The highest BCUT2D eigenvalue weighted by Crippen LogP contribution is 2.51. The van der Waals surface area contributed by atoms with Gasteiger partial charge in [0, 0.05) is 48.9 Å². The van der Waals surface area contributed by atoms with E-state index in [4.69, 9.17) is 4.74 Å². The molecule has 3 aromatic rings. The highest BCUT2D eigenvalue weighted by atomic mass is 16.5. The first-order valence-corrected chi connectivity index (χ1v) is 10.2. The number of likely N-dealkylation sites (N-methyl/N-ethyl adjacent to an activating group) is 1. The van der Waals surface area contributed by atoms with Crippen LogP contribution in [0.15, 0.2) is 54.7 Å². The number of hydrogen-bond donors (Lipinski definition) is 0. The average molecular weight is 374 g/mol. The largest absolute Gasteiger partial charge is 0.497 e. The Balaban J connectivity index is 1.41. The Bertz CT molecular complexity index is 986. The summed E-state index contributed by atoms with van der Waals surface area (Å²) in [7, 11) is 3.92. The van der Waals surface area contributed by atoms with Crippen molar-refractivity contribution in [2.75, 3.05) is 40.3 Å². The maximum absolute atomic E-state index is 5.36. The van der Waals surface area contributed by atoms with E-state index in [-0.39, 0.29) is 5.54 Å². The summed E-state index contributed by atoms with van der Waals surface area (Å²) in [5.74, 6) is 0.865. The lowest BCUT2D eigenvalue weighted by molar-refractivity contribution is 0.0976. The molecule has 2 heterocycles. The predicted octanol–water partition coefficient (Wildman–Crippen LogP) is 4.15. The molecule has 4 nitrogen and oxygen atoms in total. The molecule has 1 aliphatic heterocycles. The molecule has 1 saturated heterocycles. The summed E-state index contributed by atoms with van der Waals surface area (Å²) in [6.07, 6.45) is 4.54. The van der Waals surface area contributed by atoms with Gasteiger partial charge in [0.25, 0.3) is 0 Å². The molecule has 2 aromatic carbocycles. The number of aromatic nitrogens is 1. The van der Waals surface area contributed by atoms with E-state index < -0.39 is 0 Å². The van der Waals surface area contributed by atoms with Crippen LogP contribution in [-0.2, 0) is 5.54 Å². The number of fused-ring (bicyclic) bond motifs is 1. The van der Waals surface area contributed by atoms with Gasteiger partial charge >= 0.3 is 0 Å². The van der Waals surface area contributed by atoms with E-state index in [1.807, 2.05) is 24.4 Å². The van der Waals surface area contributed by atoms with E-state index in [0.717, 1.165) is 22.2 Å². The number of ether oxygens (including phenoxy) is 1. The van der Waals surface area contributed by atoms with Crippen LogP contribution >= 0.6 is 0 Å². The second-order valence-electron chi connectivity index (χ2n) is 8.18. The van der Waals surface area contributed by atoms with Crippen molar-refractivity contribution in [3.05, 3.63) is 60.3 Å². The molecule has 0 atom stereocenters. The lowest BCUT2D eigenvalue weighted by Gasteiger charge is -2.38. The minimum absolute atomic E-state index is 0.286. The van der Waals surface area contributed by atoms with Crippen molar-refractivity contribution in [1.29, 1.82) is 0 Å². The lowest BCUT2D eigenvalue weighted by atomic mass is 9.98. The van der Waals surface area contributed by atoms with Crippen LogP contribution in [0.4, 0.5) is 0 Å². The first-order valence-electron chi connectivity index (χ1n) is 10.2. The van der Waals surface area contributed by atoms with Crippen molar-refractivity contribution in [1.82, 2.24) is 14.8 Å². The highest BCUT2D eigenvalue weighted by molar-refractivity contribution is 5.84. The fraction of sp³-hybridized carbons (Fsp3) is 0.375. The molecule has 1 aromatic heterocycles. The molecule has 5 rings (SSSR count). The molecule has 0 N–H and O–H groups in total. The van der Waals surface area contributed by atoms with Gasteiger partial charge in [-0.2, -0.15) is 0 Å². The number of nitrogens with zero attached hydrogens (tertiary/aromatic N) is 3. The van der Waals surface area contributed by atoms with Crippen LogP contribution in [0.2, 0.25) is 0 Å². The van der Waals surface area contributed by atoms with Crippen molar-refractivity contribution < 1.29 is 4.74 Å². The quantitative estimate of drug-likeness (QED) is 0.687. The molecule has 0 spiro atoms. The molecule has 2 fully saturated rings. The zero-order chi connectivity index (χ0) is 19.1. The Kier molecular flexibility index (Phi) is 4.33. The number of hydrogen-bond acceptors (Lipinski definition) is 4. The number of pyridine rings is 1. The average Bonchev–Trinajstić information content (AvgIpc) is 3.55. The van der Waals surface area contributed by atoms with Crippen LogP contribution in [0.5, 0.6) is 5.75 Å². The molecule has 0 amide bonds. The Morgan fingerprint density at radius 3 is 2.32 bits per heavy atom. The van der Waals surface area contributed by atoms with Crippen LogP contribution in [0.1, 0.15) is 18.4 Å². The summed E-state index contributed by atoms with van der Waals surface area (Å²) in [6, 6.07) is 17.4. The van der Waals surface area contributed by atoms with Gasteiger partial charge < -0.3 is 9.64 Å². The van der Waals surface area contributed by atoms with E-state index in [1.54, 1.807) is 7.11 Å². The summed E-state index contributed by atoms with van der Waals surface area (Å²) in [5, 5.41) is 1.11. The van der Waals surface area contributed by atoms with Crippen LogP contribution in [-0.4, -0.2) is 55.1 Å². The Morgan fingerprint density at radius 1 is 0.893 bits per heavy atom. The van der Waals surface area contributed by atoms with E-state index >= 15 is 0 Å². The van der Waals surface area contributed by atoms with Crippen LogP contribution in [0, 0.1) is 0 Å². The van der Waals surface area contributed by atoms with Gasteiger partial charge in [-0.25, -0.2) is 0 Å². The molecule has 4 heteroatoms. The first kappa shape index (κ1) is 17.7. The minimum atomic E-state index is 0.286. The zero-order valence-electron chi connectivity index (χ0n) is 16.7. The zero-order valence-corrected chi connectivity index (χ0v) is 16.7. The van der Waals surface area contributed by atoms with Gasteiger partial charge in [0.05, 0.1) is 12.6 Å². The van der Waals surface area contributed by atoms with Crippen molar-refractivity contribution in [3.63, 3.8) is 0 Å². The van der Waals surface area contributed by atoms with Crippen LogP contribution < -0.4 is 4.74 Å². The first-order chi connectivity index (χ1) is 13.7. The molecular formula is C24H27N3O. The molecule has 1 saturated carbocycles. The maximum atomic E-state index is 5.36. The summed E-state index contributed by atoms with van der Waals surface area (Å²) >= 11 is 0. The standard InChI is InChI=1S/C24H27N3O/c1-26-11-13-27(14-12-26)24(9-10-24)21-5-3-18(4-6-21)20-15-19-16-22(28-2)7-8-23(19)25-17-20/h3-8,15-17H,9-14H2,1-2H3. The van der Waals surface area contributed by atoms with E-state index in [9.17, 15) is 0 Å². The van der Waals surface area contributed by atoms with Gasteiger partial charge in [-0.15, -0.1) is 0 Å². The van der Waals surface area contributed by atoms with Gasteiger partial charge in [-0.3, -0.25) is 9.88 Å². The molecule has 0 bridgehead atoms. The maximum Gasteiger partial charge on any atom is 0.119 e. The molecule has 0 radical (unpaired) electrons.